The molecule has 3 aromatic heterocycles. The van der Waals surface area contributed by atoms with Crippen molar-refractivity contribution in [3.63, 3.8) is 0 Å². The number of aromatic nitrogens is 4. The van der Waals surface area contributed by atoms with Crippen molar-refractivity contribution >= 4 is 39.5 Å². The first-order chi connectivity index (χ1) is 17.7. The van der Waals surface area contributed by atoms with Gasteiger partial charge < -0.3 is 24.5 Å². The number of nitrogens with zero attached hydrogens (tertiary/aromatic N) is 4. The highest BCUT2D eigenvalue weighted by molar-refractivity contribution is 5.90. The molecule has 2 N–H and O–H groups in total. The Hall–Kier alpha value is -4.40. The fourth-order valence-corrected chi connectivity index (χ4v) is 4.29. The van der Waals surface area contributed by atoms with E-state index in [-0.39, 0.29) is 5.82 Å². The number of hydrogen-bond donors (Lipinski definition) is 2. The van der Waals surface area contributed by atoms with Gasteiger partial charge in [0.25, 0.3) is 0 Å². The molecule has 37 heavy (non-hydrogen) atoms. The van der Waals surface area contributed by atoms with Crippen molar-refractivity contribution in [2.75, 3.05) is 11.9 Å². The maximum Gasteiger partial charge on any atom is 0.407 e. The molecule has 0 unspecified atom stereocenters. The number of hydrogen-bond acceptors (Lipinski definition) is 5. The number of nitrogens with one attached hydrogen (secondary N) is 2. The summed E-state index contributed by atoms with van der Waals surface area (Å²) in [5, 5.41) is 7.27. The molecule has 0 aliphatic carbocycles. The summed E-state index contributed by atoms with van der Waals surface area (Å²) in [5.74, 6) is 0.438. The molecule has 0 radical (unpaired) electrons. The Morgan fingerprint density at radius 3 is 2.68 bits per heavy atom. The second kappa shape index (κ2) is 9.93. The SMILES string of the molecule is CC(C)(C)OC(=O)NCCn1ccc2ncnc(Nc3ccc4c(ccn4Cc4cccc(F)c4)c3)c21. The maximum atomic E-state index is 13.6. The third-order valence-electron chi connectivity index (χ3n) is 5.85. The zero-order valence-corrected chi connectivity index (χ0v) is 21.0. The van der Waals surface area contributed by atoms with E-state index in [4.69, 9.17) is 4.74 Å². The van der Waals surface area contributed by atoms with Crippen LogP contribution in [-0.4, -0.2) is 37.3 Å². The quantitative estimate of drug-likeness (QED) is 0.293. The molecule has 0 atom stereocenters. The minimum absolute atomic E-state index is 0.234. The van der Waals surface area contributed by atoms with Crippen LogP contribution in [0.2, 0.25) is 0 Å². The van der Waals surface area contributed by atoms with Crippen molar-refractivity contribution in [2.24, 2.45) is 0 Å². The average molecular weight is 501 g/mol. The van der Waals surface area contributed by atoms with Gasteiger partial charge in [-0.05, 0) is 68.8 Å². The van der Waals surface area contributed by atoms with Gasteiger partial charge in [0.1, 0.15) is 23.3 Å². The highest BCUT2D eigenvalue weighted by Crippen LogP contribution is 2.27. The molecule has 0 bridgehead atoms. The van der Waals surface area contributed by atoms with Gasteiger partial charge in [-0.25, -0.2) is 19.2 Å². The Bertz CT molecular complexity index is 1570. The number of alkyl carbamates (subject to hydrolysis) is 1. The Labute approximate surface area is 214 Å². The number of benzene rings is 2. The van der Waals surface area contributed by atoms with Gasteiger partial charge >= 0.3 is 6.09 Å². The smallest absolute Gasteiger partial charge is 0.407 e. The summed E-state index contributed by atoms with van der Waals surface area (Å²) in [6.45, 7) is 7.02. The predicted octanol–water partition coefficient (Wildman–Crippen LogP) is 5.84. The topological polar surface area (TPSA) is 86.0 Å². The zero-order valence-electron chi connectivity index (χ0n) is 21.0. The van der Waals surface area contributed by atoms with E-state index >= 15 is 0 Å². The van der Waals surface area contributed by atoms with Crippen molar-refractivity contribution < 1.29 is 13.9 Å². The van der Waals surface area contributed by atoms with Crippen molar-refractivity contribution in [2.45, 2.75) is 39.5 Å². The lowest BCUT2D eigenvalue weighted by atomic mass is 10.2. The molecule has 1 amide bonds. The summed E-state index contributed by atoms with van der Waals surface area (Å²) < 4.78 is 23.0. The molecule has 5 rings (SSSR count). The first-order valence-corrected chi connectivity index (χ1v) is 12.1. The van der Waals surface area contributed by atoms with Crippen LogP contribution in [0.3, 0.4) is 0 Å². The fraction of sp³-hybridized carbons (Fsp3) is 0.250. The van der Waals surface area contributed by atoms with Crippen molar-refractivity contribution in [1.29, 1.82) is 0 Å². The van der Waals surface area contributed by atoms with E-state index < -0.39 is 11.7 Å². The fourth-order valence-electron chi connectivity index (χ4n) is 4.29. The summed E-state index contributed by atoms with van der Waals surface area (Å²) in [4.78, 5) is 20.8. The van der Waals surface area contributed by atoms with Crippen LogP contribution in [0.5, 0.6) is 0 Å². The standard InChI is InChI=1S/C28H29FN6O2/c1-28(2,3)37-27(36)30-11-14-34-13-10-23-25(34)26(32-18-31-23)33-22-7-8-24-20(16-22)9-12-35(24)17-19-5-4-6-21(29)15-19/h4-10,12-13,15-16,18H,11,14,17H2,1-3H3,(H,30,36)(H,31,32,33). The van der Waals surface area contributed by atoms with Gasteiger partial charge in [-0.2, -0.15) is 0 Å². The number of amides is 1. The Morgan fingerprint density at radius 1 is 1.03 bits per heavy atom. The predicted molar refractivity (Wildman–Crippen MR) is 142 cm³/mol. The average Bonchev–Trinajstić information content (AvgIpc) is 3.43. The van der Waals surface area contributed by atoms with Gasteiger partial charge in [0, 0.05) is 48.6 Å². The molecule has 0 spiro atoms. The van der Waals surface area contributed by atoms with Crippen LogP contribution in [0, 0.1) is 5.82 Å². The van der Waals surface area contributed by atoms with E-state index in [0.717, 1.165) is 33.2 Å². The van der Waals surface area contributed by atoms with Crippen LogP contribution in [0.15, 0.2) is 73.3 Å². The molecule has 0 saturated heterocycles. The number of fused-ring (bicyclic) bond motifs is 2. The van der Waals surface area contributed by atoms with E-state index in [2.05, 4.69) is 31.2 Å². The minimum Gasteiger partial charge on any atom is -0.444 e. The number of ether oxygens (including phenoxy) is 1. The molecule has 5 aromatic rings. The van der Waals surface area contributed by atoms with Gasteiger partial charge in [0.2, 0.25) is 0 Å². The monoisotopic (exact) mass is 500 g/mol. The highest BCUT2D eigenvalue weighted by atomic mass is 19.1. The molecule has 0 fully saturated rings. The van der Waals surface area contributed by atoms with Crippen LogP contribution in [-0.2, 0) is 17.8 Å². The largest absolute Gasteiger partial charge is 0.444 e. The molecule has 3 heterocycles. The van der Waals surface area contributed by atoms with Crippen molar-refractivity contribution in [3.8, 4) is 0 Å². The van der Waals surface area contributed by atoms with Crippen LogP contribution in [0.1, 0.15) is 26.3 Å². The van der Waals surface area contributed by atoms with E-state index in [9.17, 15) is 9.18 Å². The number of rotatable bonds is 7. The summed E-state index contributed by atoms with van der Waals surface area (Å²) in [6, 6.07) is 16.7. The lowest BCUT2D eigenvalue weighted by Crippen LogP contribution is -2.34. The third kappa shape index (κ3) is 5.72. The van der Waals surface area contributed by atoms with Gasteiger partial charge in [0.05, 0.1) is 5.52 Å². The summed E-state index contributed by atoms with van der Waals surface area (Å²) in [6.07, 6.45) is 5.01. The number of carbonyl (C=O) groups excluding carboxylic acids is 1. The second-order valence-electron chi connectivity index (χ2n) is 9.87. The van der Waals surface area contributed by atoms with E-state index in [1.54, 1.807) is 12.1 Å². The second-order valence-corrected chi connectivity index (χ2v) is 9.87. The van der Waals surface area contributed by atoms with E-state index in [0.29, 0.717) is 25.5 Å². The van der Waals surface area contributed by atoms with Gasteiger partial charge in [-0.1, -0.05) is 12.1 Å². The first-order valence-electron chi connectivity index (χ1n) is 12.1. The lowest BCUT2D eigenvalue weighted by Gasteiger charge is -2.19. The van der Waals surface area contributed by atoms with Crippen LogP contribution in [0.4, 0.5) is 20.7 Å². The first kappa shape index (κ1) is 24.3. The normalized spacial score (nSPS) is 11.7. The molecule has 190 valence electrons. The Kier molecular flexibility index (Phi) is 6.52. The molecule has 0 aliphatic rings. The Morgan fingerprint density at radius 2 is 1.86 bits per heavy atom. The number of halogens is 1. The summed E-state index contributed by atoms with van der Waals surface area (Å²) in [7, 11) is 0. The van der Waals surface area contributed by atoms with Crippen LogP contribution in [0.25, 0.3) is 21.9 Å². The van der Waals surface area contributed by atoms with Crippen LogP contribution < -0.4 is 10.6 Å². The van der Waals surface area contributed by atoms with Gasteiger partial charge in [0.15, 0.2) is 5.82 Å². The highest BCUT2D eigenvalue weighted by Gasteiger charge is 2.16. The van der Waals surface area contributed by atoms with Gasteiger partial charge in [-0.3, -0.25) is 0 Å². The summed E-state index contributed by atoms with van der Waals surface area (Å²) in [5.41, 5.74) is 3.95. The van der Waals surface area contributed by atoms with E-state index in [1.807, 2.05) is 68.1 Å². The molecular weight excluding hydrogens is 471 g/mol. The molecule has 2 aromatic carbocycles. The molecule has 0 aliphatic heterocycles. The Balaban J connectivity index is 1.32. The number of carbonyl (C=O) groups is 1. The van der Waals surface area contributed by atoms with Crippen LogP contribution >= 0.6 is 0 Å². The molecule has 9 heteroatoms. The molecular formula is C28H29FN6O2. The number of anilines is 2. The third-order valence-corrected chi connectivity index (χ3v) is 5.85. The molecule has 0 saturated carbocycles. The maximum absolute atomic E-state index is 13.6. The van der Waals surface area contributed by atoms with Gasteiger partial charge in [-0.15, -0.1) is 0 Å². The minimum atomic E-state index is -0.545. The molecule has 8 nitrogen and oxygen atoms in total. The zero-order chi connectivity index (χ0) is 26.0. The van der Waals surface area contributed by atoms with Crippen molar-refractivity contribution in [3.05, 3.63) is 84.7 Å². The van der Waals surface area contributed by atoms with Crippen molar-refractivity contribution in [1.82, 2.24) is 24.4 Å². The lowest BCUT2D eigenvalue weighted by molar-refractivity contribution is 0.0526. The van der Waals surface area contributed by atoms with E-state index in [1.165, 1.54) is 12.4 Å². The summed E-state index contributed by atoms with van der Waals surface area (Å²) >= 11 is 0.